The zero-order chi connectivity index (χ0) is 23.0. The van der Waals surface area contributed by atoms with E-state index in [1.165, 1.54) is 22.7 Å². The van der Waals surface area contributed by atoms with Gasteiger partial charge in [-0.1, -0.05) is 29.3 Å². The number of hydrogen-bond donors (Lipinski definition) is 0. The van der Waals surface area contributed by atoms with E-state index in [4.69, 9.17) is 27.9 Å². The molecule has 3 atom stereocenters. The van der Waals surface area contributed by atoms with Crippen molar-refractivity contribution < 1.29 is 17.9 Å². The summed E-state index contributed by atoms with van der Waals surface area (Å²) in [5.41, 5.74) is 0.786. The van der Waals surface area contributed by atoms with Crippen molar-refractivity contribution in [1.29, 1.82) is 0 Å². The van der Waals surface area contributed by atoms with Gasteiger partial charge in [0.25, 0.3) is 10.2 Å². The molecule has 3 aliphatic heterocycles. The van der Waals surface area contributed by atoms with Crippen LogP contribution in [-0.4, -0.2) is 104 Å². The molecular formula is C21H30Cl2N4O4S. The molecule has 0 N–H and O–H groups in total. The minimum atomic E-state index is -3.64. The summed E-state index contributed by atoms with van der Waals surface area (Å²) in [5, 5.41) is 0.863. The molecule has 4 rings (SSSR count). The first-order valence-electron chi connectivity index (χ1n) is 10.9. The van der Waals surface area contributed by atoms with Crippen LogP contribution in [0.1, 0.15) is 18.4 Å². The van der Waals surface area contributed by atoms with Crippen molar-refractivity contribution in [2.75, 3.05) is 53.5 Å². The Balaban J connectivity index is 1.64. The fraction of sp³-hybridized carbons (Fsp3) is 0.667. The number of amides is 1. The number of fused-ring (bicyclic) bond motifs is 1. The largest absolute Gasteiger partial charge is 0.378 e. The van der Waals surface area contributed by atoms with E-state index in [-0.39, 0.29) is 37.6 Å². The molecule has 0 spiro atoms. The Labute approximate surface area is 200 Å². The third-order valence-electron chi connectivity index (χ3n) is 6.68. The molecular weight excluding hydrogens is 475 g/mol. The van der Waals surface area contributed by atoms with Crippen LogP contribution in [-0.2, 0) is 26.2 Å². The van der Waals surface area contributed by atoms with Crippen LogP contribution >= 0.6 is 23.2 Å². The van der Waals surface area contributed by atoms with Gasteiger partial charge in [-0.15, -0.1) is 0 Å². The predicted molar refractivity (Wildman–Crippen MR) is 124 cm³/mol. The molecule has 0 saturated carbocycles. The van der Waals surface area contributed by atoms with E-state index in [1.54, 1.807) is 18.2 Å². The Bertz CT molecular complexity index is 955. The van der Waals surface area contributed by atoms with Crippen LogP contribution in [0.4, 0.5) is 0 Å². The van der Waals surface area contributed by atoms with Gasteiger partial charge >= 0.3 is 0 Å². The maximum Gasteiger partial charge on any atom is 0.281 e. The van der Waals surface area contributed by atoms with Crippen LogP contribution in [0, 0.1) is 0 Å². The SMILES string of the molecule is CN(C)S(=O)(=O)N1CCN(C(=O)Cc2ccc(Cl)c(Cl)c2)[C@@H]2C(N3CCCC3)COC[C@H]21. The van der Waals surface area contributed by atoms with Gasteiger partial charge in [-0.2, -0.15) is 17.0 Å². The summed E-state index contributed by atoms with van der Waals surface area (Å²) in [6, 6.07) is 4.49. The van der Waals surface area contributed by atoms with Crippen LogP contribution in [0.5, 0.6) is 0 Å². The van der Waals surface area contributed by atoms with Gasteiger partial charge in [0.05, 0.1) is 47.8 Å². The molecule has 178 valence electrons. The van der Waals surface area contributed by atoms with E-state index in [1.807, 2.05) is 4.90 Å². The van der Waals surface area contributed by atoms with Crippen molar-refractivity contribution in [3.05, 3.63) is 33.8 Å². The van der Waals surface area contributed by atoms with Crippen molar-refractivity contribution >= 4 is 39.3 Å². The molecule has 1 aromatic carbocycles. The van der Waals surface area contributed by atoms with Gasteiger partial charge < -0.3 is 9.64 Å². The number of rotatable bonds is 5. The average molecular weight is 505 g/mol. The number of ether oxygens (including phenoxy) is 1. The summed E-state index contributed by atoms with van der Waals surface area (Å²) in [6.45, 7) is 3.23. The number of carbonyl (C=O) groups excluding carboxylic acids is 1. The zero-order valence-corrected chi connectivity index (χ0v) is 20.7. The second-order valence-corrected chi connectivity index (χ2v) is 11.7. The van der Waals surface area contributed by atoms with E-state index in [0.29, 0.717) is 23.2 Å². The molecule has 0 bridgehead atoms. The third kappa shape index (κ3) is 4.66. The molecule has 11 heteroatoms. The van der Waals surface area contributed by atoms with Gasteiger partial charge in [-0.25, -0.2) is 0 Å². The Morgan fingerprint density at radius 1 is 1.06 bits per heavy atom. The molecule has 1 amide bonds. The molecule has 3 heterocycles. The Morgan fingerprint density at radius 3 is 2.41 bits per heavy atom. The highest BCUT2D eigenvalue weighted by Crippen LogP contribution is 2.32. The lowest BCUT2D eigenvalue weighted by atomic mass is 9.92. The maximum absolute atomic E-state index is 13.5. The van der Waals surface area contributed by atoms with Crippen LogP contribution in [0.25, 0.3) is 0 Å². The van der Waals surface area contributed by atoms with E-state index >= 15 is 0 Å². The molecule has 3 fully saturated rings. The highest BCUT2D eigenvalue weighted by molar-refractivity contribution is 7.86. The highest BCUT2D eigenvalue weighted by Gasteiger charge is 2.51. The minimum Gasteiger partial charge on any atom is -0.378 e. The molecule has 0 aliphatic carbocycles. The van der Waals surface area contributed by atoms with Crippen LogP contribution < -0.4 is 0 Å². The van der Waals surface area contributed by atoms with Crippen LogP contribution in [0.15, 0.2) is 18.2 Å². The Morgan fingerprint density at radius 2 is 1.75 bits per heavy atom. The van der Waals surface area contributed by atoms with E-state index < -0.39 is 16.3 Å². The summed E-state index contributed by atoms with van der Waals surface area (Å²) in [7, 11) is -0.567. The second-order valence-electron chi connectivity index (χ2n) is 8.82. The van der Waals surface area contributed by atoms with Gasteiger partial charge in [0, 0.05) is 27.2 Å². The molecule has 0 radical (unpaired) electrons. The fourth-order valence-electron chi connectivity index (χ4n) is 5.06. The zero-order valence-electron chi connectivity index (χ0n) is 18.4. The third-order valence-corrected chi connectivity index (χ3v) is 9.39. The Hall–Kier alpha value is -0.940. The van der Waals surface area contributed by atoms with Crippen molar-refractivity contribution in [1.82, 2.24) is 18.4 Å². The summed E-state index contributed by atoms with van der Waals surface area (Å²) in [4.78, 5) is 17.7. The monoisotopic (exact) mass is 504 g/mol. The lowest BCUT2D eigenvalue weighted by molar-refractivity contribution is -0.147. The number of likely N-dealkylation sites (tertiary alicyclic amines) is 1. The van der Waals surface area contributed by atoms with Crippen LogP contribution in [0.2, 0.25) is 10.0 Å². The standard InChI is InChI=1S/C21H30Cl2N4O4S/c1-24(2)32(29,30)27-10-9-26(20(28)12-15-5-6-16(22)17(23)11-15)21-18(13-31-14-19(21)27)25-7-3-4-8-25/h5-6,11,18-19,21H,3-4,7-10,12-14H2,1-2H3/t18?,19-,21-/m1/s1. The lowest BCUT2D eigenvalue weighted by Gasteiger charge is -2.53. The number of benzene rings is 1. The van der Waals surface area contributed by atoms with Gasteiger partial charge in [0.15, 0.2) is 0 Å². The fourth-order valence-corrected chi connectivity index (χ4v) is 6.64. The molecule has 0 aromatic heterocycles. The lowest BCUT2D eigenvalue weighted by Crippen LogP contribution is -2.72. The molecule has 3 saturated heterocycles. The summed E-state index contributed by atoms with van der Waals surface area (Å²) in [5.74, 6) is -0.0358. The van der Waals surface area contributed by atoms with Crippen molar-refractivity contribution in [3.63, 3.8) is 0 Å². The smallest absolute Gasteiger partial charge is 0.281 e. The summed E-state index contributed by atoms with van der Waals surface area (Å²) >= 11 is 12.2. The molecule has 32 heavy (non-hydrogen) atoms. The van der Waals surface area contributed by atoms with Crippen molar-refractivity contribution in [3.8, 4) is 0 Å². The highest BCUT2D eigenvalue weighted by atomic mass is 35.5. The predicted octanol–water partition coefficient (Wildman–Crippen LogP) is 1.72. The number of carbonyl (C=O) groups is 1. The van der Waals surface area contributed by atoms with Crippen molar-refractivity contribution in [2.45, 2.75) is 37.4 Å². The average Bonchev–Trinajstić information content (AvgIpc) is 3.29. The van der Waals surface area contributed by atoms with Gasteiger partial charge in [0.1, 0.15) is 0 Å². The van der Waals surface area contributed by atoms with Gasteiger partial charge in [0.2, 0.25) is 5.91 Å². The van der Waals surface area contributed by atoms with E-state index in [0.717, 1.165) is 31.5 Å². The quantitative estimate of drug-likeness (QED) is 0.610. The summed E-state index contributed by atoms with van der Waals surface area (Å²) in [6.07, 6.45) is 2.39. The van der Waals surface area contributed by atoms with Crippen LogP contribution in [0.3, 0.4) is 0 Å². The van der Waals surface area contributed by atoms with Gasteiger partial charge in [-0.3, -0.25) is 9.69 Å². The van der Waals surface area contributed by atoms with E-state index in [2.05, 4.69) is 4.90 Å². The normalized spacial score (nSPS) is 27.7. The second kappa shape index (κ2) is 9.74. The summed E-state index contributed by atoms with van der Waals surface area (Å²) < 4.78 is 34.8. The molecule has 8 nitrogen and oxygen atoms in total. The first-order valence-corrected chi connectivity index (χ1v) is 13.1. The number of hydrogen-bond acceptors (Lipinski definition) is 5. The molecule has 1 unspecified atom stereocenters. The topological polar surface area (TPSA) is 73.4 Å². The number of piperazine rings is 1. The molecule has 1 aromatic rings. The maximum atomic E-state index is 13.5. The Kier molecular flexibility index (Phi) is 7.36. The minimum absolute atomic E-state index is 0.0332. The van der Waals surface area contributed by atoms with E-state index in [9.17, 15) is 13.2 Å². The number of nitrogens with zero attached hydrogens (tertiary/aromatic N) is 4. The first kappa shape index (κ1) is 24.2. The number of halogens is 2. The van der Waals surface area contributed by atoms with Gasteiger partial charge in [-0.05, 0) is 43.6 Å². The van der Waals surface area contributed by atoms with Crippen molar-refractivity contribution in [2.24, 2.45) is 0 Å². The first-order chi connectivity index (χ1) is 15.2. The molecule has 3 aliphatic rings.